The molecule has 0 saturated carbocycles. The number of amides is 3. The van der Waals surface area contributed by atoms with Gasteiger partial charge in [0.2, 0.25) is 0 Å². The molecule has 0 radical (unpaired) electrons. The summed E-state index contributed by atoms with van der Waals surface area (Å²) in [5, 5.41) is 2.20. The number of esters is 1. The molecule has 0 saturated heterocycles. The largest absolute Gasteiger partial charge is 0.449 e. The highest BCUT2D eigenvalue weighted by atomic mass is 19.1. The molecule has 0 aliphatic carbocycles. The summed E-state index contributed by atoms with van der Waals surface area (Å²) in [5.41, 5.74) is -0.117. The standard InChI is InChI=1S/C21H16F2N2O5/c1-3-8-25-19(27)14-6-4-12(9-15(14)20(25)28)21(29)30-11(2)18(26)24-17-7-5-13(22)10-16(17)23/h3-7,9-11H,1,8H2,2H3,(H,24,26)/t11-/m1/s1. The van der Waals surface area contributed by atoms with Crippen LogP contribution in [0.15, 0.2) is 49.1 Å². The number of benzene rings is 2. The average molecular weight is 414 g/mol. The van der Waals surface area contributed by atoms with Gasteiger partial charge in [0.1, 0.15) is 11.6 Å². The molecule has 1 aliphatic rings. The quantitative estimate of drug-likeness (QED) is 0.446. The third-order valence-corrected chi connectivity index (χ3v) is 4.36. The van der Waals surface area contributed by atoms with Crippen molar-refractivity contribution in [3.8, 4) is 0 Å². The Hall–Kier alpha value is -3.88. The second kappa shape index (κ2) is 8.24. The zero-order valence-corrected chi connectivity index (χ0v) is 15.8. The third-order valence-electron chi connectivity index (χ3n) is 4.36. The topological polar surface area (TPSA) is 92.8 Å². The minimum atomic E-state index is -1.31. The van der Waals surface area contributed by atoms with Crippen LogP contribution in [0.2, 0.25) is 0 Å². The summed E-state index contributed by atoms with van der Waals surface area (Å²) in [6.45, 7) is 4.79. The van der Waals surface area contributed by atoms with E-state index in [4.69, 9.17) is 4.74 Å². The van der Waals surface area contributed by atoms with Gasteiger partial charge in [0.15, 0.2) is 6.10 Å². The summed E-state index contributed by atoms with van der Waals surface area (Å²) in [4.78, 5) is 50.0. The van der Waals surface area contributed by atoms with Gasteiger partial charge in [-0.05, 0) is 37.3 Å². The SMILES string of the molecule is C=CCN1C(=O)c2ccc(C(=O)O[C@H](C)C(=O)Nc3ccc(F)cc3F)cc2C1=O. The first-order valence-corrected chi connectivity index (χ1v) is 8.81. The number of carbonyl (C=O) groups excluding carboxylic acids is 4. The van der Waals surface area contributed by atoms with E-state index in [1.54, 1.807) is 0 Å². The average Bonchev–Trinajstić information content (AvgIpc) is 2.94. The van der Waals surface area contributed by atoms with Crippen molar-refractivity contribution >= 4 is 29.4 Å². The van der Waals surface area contributed by atoms with E-state index in [0.717, 1.165) is 17.0 Å². The number of anilines is 1. The van der Waals surface area contributed by atoms with Gasteiger partial charge in [0.25, 0.3) is 17.7 Å². The number of halogens is 2. The van der Waals surface area contributed by atoms with Crippen molar-refractivity contribution in [1.29, 1.82) is 0 Å². The number of hydrogen-bond acceptors (Lipinski definition) is 5. The fourth-order valence-corrected chi connectivity index (χ4v) is 2.82. The normalized spacial score (nSPS) is 13.6. The molecule has 2 aromatic rings. The highest BCUT2D eigenvalue weighted by Gasteiger charge is 2.35. The first-order chi connectivity index (χ1) is 14.2. The predicted molar refractivity (Wildman–Crippen MR) is 102 cm³/mol. The fourth-order valence-electron chi connectivity index (χ4n) is 2.82. The number of fused-ring (bicyclic) bond motifs is 1. The van der Waals surface area contributed by atoms with Crippen molar-refractivity contribution in [2.75, 3.05) is 11.9 Å². The number of hydrogen-bond donors (Lipinski definition) is 1. The molecule has 7 nitrogen and oxygen atoms in total. The van der Waals surface area contributed by atoms with Gasteiger partial charge in [0, 0.05) is 12.6 Å². The van der Waals surface area contributed by atoms with Crippen molar-refractivity contribution < 1.29 is 32.7 Å². The molecule has 2 aromatic carbocycles. The summed E-state index contributed by atoms with van der Waals surface area (Å²) < 4.78 is 31.7. The Bertz CT molecular complexity index is 1080. The fraction of sp³-hybridized carbons (Fsp3) is 0.143. The molecule has 0 aromatic heterocycles. The van der Waals surface area contributed by atoms with Gasteiger partial charge < -0.3 is 10.1 Å². The monoisotopic (exact) mass is 414 g/mol. The van der Waals surface area contributed by atoms with Gasteiger partial charge in [-0.3, -0.25) is 19.3 Å². The van der Waals surface area contributed by atoms with Crippen LogP contribution in [0, 0.1) is 11.6 Å². The third kappa shape index (κ3) is 3.95. The molecule has 0 bridgehead atoms. The second-order valence-corrected chi connectivity index (χ2v) is 6.43. The minimum Gasteiger partial charge on any atom is -0.449 e. The summed E-state index contributed by atoms with van der Waals surface area (Å²) in [7, 11) is 0. The van der Waals surface area contributed by atoms with Gasteiger partial charge in [-0.1, -0.05) is 6.08 Å². The Balaban J connectivity index is 1.70. The number of rotatable bonds is 6. The molecule has 0 unspecified atom stereocenters. The first-order valence-electron chi connectivity index (χ1n) is 8.81. The molecular formula is C21H16F2N2O5. The van der Waals surface area contributed by atoms with Crippen LogP contribution >= 0.6 is 0 Å². The van der Waals surface area contributed by atoms with E-state index >= 15 is 0 Å². The lowest BCUT2D eigenvalue weighted by Crippen LogP contribution is -2.30. The maximum Gasteiger partial charge on any atom is 0.338 e. The highest BCUT2D eigenvalue weighted by Crippen LogP contribution is 2.24. The number of nitrogens with one attached hydrogen (secondary N) is 1. The van der Waals surface area contributed by atoms with E-state index in [-0.39, 0.29) is 28.9 Å². The van der Waals surface area contributed by atoms with E-state index in [9.17, 15) is 28.0 Å². The number of carbonyl (C=O) groups is 4. The minimum absolute atomic E-state index is 0.0310. The molecule has 3 rings (SSSR count). The lowest BCUT2D eigenvalue weighted by Gasteiger charge is -2.14. The Morgan fingerprint density at radius 1 is 1.13 bits per heavy atom. The summed E-state index contributed by atoms with van der Waals surface area (Å²) in [5.74, 6) is -4.60. The molecule has 3 amide bonds. The zero-order chi connectivity index (χ0) is 22.0. The number of ether oxygens (including phenoxy) is 1. The molecule has 0 fully saturated rings. The second-order valence-electron chi connectivity index (χ2n) is 6.43. The van der Waals surface area contributed by atoms with Crippen LogP contribution in [0.4, 0.5) is 14.5 Å². The molecule has 1 aliphatic heterocycles. The lowest BCUT2D eigenvalue weighted by molar-refractivity contribution is -0.123. The number of imide groups is 1. The van der Waals surface area contributed by atoms with E-state index < -0.39 is 41.4 Å². The van der Waals surface area contributed by atoms with Crippen molar-refractivity contribution in [3.63, 3.8) is 0 Å². The van der Waals surface area contributed by atoms with Gasteiger partial charge in [-0.15, -0.1) is 6.58 Å². The predicted octanol–water partition coefficient (Wildman–Crippen LogP) is 2.93. The Kier molecular flexibility index (Phi) is 5.72. The highest BCUT2D eigenvalue weighted by molar-refractivity contribution is 6.22. The van der Waals surface area contributed by atoms with Crippen LogP contribution < -0.4 is 5.32 Å². The van der Waals surface area contributed by atoms with Crippen molar-refractivity contribution in [3.05, 3.63) is 77.4 Å². The van der Waals surface area contributed by atoms with Crippen LogP contribution in [-0.4, -0.2) is 41.2 Å². The Morgan fingerprint density at radius 3 is 2.50 bits per heavy atom. The van der Waals surface area contributed by atoms with Crippen LogP contribution in [0.1, 0.15) is 38.0 Å². The van der Waals surface area contributed by atoms with Gasteiger partial charge in [0.05, 0.1) is 22.4 Å². The van der Waals surface area contributed by atoms with E-state index in [1.165, 1.54) is 31.2 Å². The molecule has 0 spiro atoms. The summed E-state index contributed by atoms with van der Waals surface area (Å²) in [6, 6.07) is 6.45. The van der Waals surface area contributed by atoms with Crippen molar-refractivity contribution in [2.24, 2.45) is 0 Å². The summed E-state index contributed by atoms with van der Waals surface area (Å²) in [6.07, 6.45) is 0.0889. The smallest absolute Gasteiger partial charge is 0.338 e. The lowest BCUT2D eigenvalue weighted by atomic mass is 10.1. The Labute approximate surface area is 169 Å². The molecule has 30 heavy (non-hydrogen) atoms. The van der Waals surface area contributed by atoms with Crippen LogP contribution in [0.25, 0.3) is 0 Å². The molecule has 154 valence electrons. The van der Waals surface area contributed by atoms with Crippen molar-refractivity contribution in [1.82, 2.24) is 4.90 Å². The van der Waals surface area contributed by atoms with Crippen LogP contribution in [0.3, 0.4) is 0 Å². The van der Waals surface area contributed by atoms with Crippen LogP contribution in [-0.2, 0) is 9.53 Å². The molecule has 1 atom stereocenters. The maximum absolute atomic E-state index is 13.7. The maximum atomic E-state index is 13.7. The van der Waals surface area contributed by atoms with Crippen molar-refractivity contribution in [2.45, 2.75) is 13.0 Å². The number of nitrogens with zero attached hydrogens (tertiary/aromatic N) is 1. The van der Waals surface area contributed by atoms with E-state index in [0.29, 0.717) is 6.07 Å². The van der Waals surface area contributed by atoms with Gasteiger partial charge in [-0.2, -0.15) is 0 Å². The molecule has 1 heterocycles. The summed E-state index contributed by atoms with van der Waals surface area (Å²) >= 11 is 0. The molecular weight excluding hydrogens is 398 g/mol. The Morgan fingerprint density at radius 2 is 1.83 bits per heavy atom. The van der Waals surface area contributed by atoms with Gasteiger partial charge >= 0.3 is 5.97 Å². The van der Waals surface area contributed by atoms with E-state index in [2.05, 4.69) is 11.9 Å². The first kappa shape index (κ1) is 20.8. The zero-order valence-electron chi connectivity index (χ0n) is 15.8. The van der Waals surface area contributed by atoms with E-state index in [1.807, 2.05) is 0 Å². The molecule has 1 N–H and O–H groups in total. The van der Waals surface area contributed by atoms with Crippen LogP contribution in [0.5, 0.6) is 0 Å². The van der Waals surface area contributed by atoms with Gasteiger partial charge in [-0.25, -0.2) is 13.6 Å². The molecule has 9 heteroatoms.